The molecule has 3 fully saturated rings. The maximum atomic E-state index is 12.8. The van der Waals surface area contributed by atoms with Crippen molar-refractivity contribution in [2.75, 3.05) is 25.9 Å². The van der Waals surface area contributed by atoms with Crippen molar-refractivity contribution in [3.63, 3.8) is 0 Å². The Kier molecular flexibility index (Phi) is 3.98. The number of fused-ring (bicyclic) bond motifs is 1. The number of rotatable bonds is 3. The standard InChI is InChI=1S/C15H24N2O2S/c1-20-15(7-4-8-15)11-16-10-6-13(18)17-9-3-2-5-12(17)14(16)19/h12H,2-11H2,1H3. The molecule has 0 radical (unpaired) electrons. The molecule has 0 aromatic rings. The number of piperidine rings is 1. The van der Waals surface area contributed by atoms with E-state index in [0.717, 1.165) is 32.4 Å². The average molecular weight is 296 g/mol. The summed E-state index contributed by atoms with van der Waals surface area (Å²) in [5.74, 6) is 0.383. The van der Waals surface area contributed by atoms with Gasteiger partial charge < -0.3 is 9.80 Å². The largest absolute Gasteiger partial charge is 0.339 e. The fourth-order valence-electron chi connectivity index (χ4n) is 3.68. The molecule has 0 aromatic carbocycles. The third kappa shape index (κ3) is 2.45. The van der Waals surface area contributed by atoms with Gasteiger partial charge in [0.15, 0.2) is 0 Å². The second-order valence-corrected chi connectivity index (χ2v) is 7.62. The second-order valence-electron chi connectivity index (χ2n) is 6.35. The highest BCUT2D eigenvalue weighted by Crippen LogP contribution is 2.43. The van der Waals surface area contributed by atoms with Crippen LogP contribution in [0, 0.1) is 0 Å². The number of amides is 2. The lowest BCUT2D eigenvalue weighted by molar-refractivity contribution is -0.143. The van der Waals surface area contributed by atoms with E-state index in [1.807, 2.05) is 21.6 Å². The van der Waals surface area contributed by atoms with Gasteiger partial charge in [-0.25, -0.2) is 0 Å². The number of carbonyl (C=O) groups is 2. The molecule has 0 spiro atoms. The Labute approximate surface area is 125 Å². The third-order valence-corrected chi connectivity index (χ3v) is 6.60. The highest BCUT2D eigenvalue weighted by atomic mass is 32.2. The maximum absolute atomic E-state index is 12.8. The Morgan fingerprint density at radius 3 is 2.65 bits per heavy atom. The minimum absolute atomic E-state index is 0.169. The van der Waals surface area contributed by atoms with E-state index in [9.17, 15) is 9.59 Å². The first kappa shape index (κ1) is 14.2. The minimum atomic E-state index is -0.169. The van der Waals surface area contributed by atoms with Crippen LogP contribution in [0.2, 0.25) is 0 Å². The normalized spacial score (nSPS) is 29.8. The summed E-state index contributed by atoms with van der Waals surface area (Å²) in [6.07, 6.45) is 9.32. The predicted octanol–water partition coefficient (Wildman–Crippen LogP) is 1.89. The molecule has 0 N–H and O–H groups in total. The minimum Gasteiger partial charge on any atom is -0.339 e. The van der Waals surface area contributed by atoms with Gasteiger partial charge >= 0.3 is 0 Å². The molecule has 2 amide bonds. The molecule has 2 heterocycles. The van der Waals surface area contributed by atoms with Crippen molar-refractivity contribution < 1.29 is 9.59 Å². The summed E-state index contributed by atoms with van der Waals surface area (Å²) in [4.78, 5) is 28.8. The molecule has 112 valence electrons. The Balaban J connectivity index is 1.75. The number of nitrogens with zero attached hydrogens (tertiary/aromatic N) is 2. The van der Waals surface area contributed by atoms with Crippen LogP contribution in [0.1, 0.15) is 44.9 Å². The molecule has 3 rings (SSSR count). The zero-order chi connectivity index (χ0) is 14.2. The quantitative estimate of drug-likeness (QED) is 0.798. The van der Waals surface area contributed by atoms with Crippen molar-refractivity contribution in [2.45, 2.75) is 55.7 Å². The zero-order valence-corrected chi connectivity index (χ0v) is 13.1. The second kappa shape index (κ2) is 5.58. The van der Waals surface area contributed by atoms with Crippen molar-refractivity contribution in [1.82, 2.24) is 9.80 Å². The van der Waals surface area contributed by atoms with Crippen LogP contribution < -0.4 is 0 Å². The van der Waals surface area contributed by atoms with Gasteiger partial charge in [0.05, 0.1) is 0 Å². The molecule has 0 aromatic heterocycles. The van der Waals surface area contributed by atoms with E-state index in [1.165, 1.54) is 19.3 Å². The van der Waals surface area contributed by atoms with E-state index in [2.05, 4.69) is 6.26 Å². The van der Waals surface area contributed by atoms with Crippen molar-refractivity contribution in [3.05, 3.63) is 0 Å². The van der Waals surface area contributed by atoms with E-state index in [0.29, 0.717) is 13.0 Å². The third-order valence-electron chi connectivity index (χ3n) is 5.19. The molecule has 20 heavy (non-hydrogen) atoms. The first-order chi connectivity index (χ1) is 9.65. The average Bonchev–Trinajstić information content (AvgIpc) is 2.55. The van der Waals surface area contributed by atoms with Crippen LogP contribution >= 0.6 is 11.8 Å². The Hall–Kier alpha value is -0.710. The van der Waals surface area contributed by atoms with Crippen LogP contribution in [0.25, 0.3) is 0 Å². The summed E-state index contributed by atoms with van der Waals surface area (Å²) >= 11 is 1.90. The van der Waals surface area contributed by atoms with Crippen LogP contribution in [0.5, 0.6) is 0 Å². The first-order valence-corrected chi connectivity index (χ1v) is 9.01. The monoisotopic (exact) mass is 296 g/mol. The van der Waals surface area contributed by atoms with Gasteiger partial charge in [0.1, 0.15) is 6.04 Å². The highest BCUT2D eigenvalue weighted by molar-refractivity contribution is 8.00. The van der Waals surface area contributed by atoms with Gasteiger partial charge in [-0.1, -0.05) is 6.42 Å². The van der Waals surface area contributed by atoms with Crippen molar-refractivity contribution >= 4 is 23.6 Å². The molecule has 0 bridgehead atoms. The number of hydrogen-bond donors (Lipinski definition) is 0. The number of thioether (sulfide) groups is 1. The Bertz CT molecular complexity index is 403. The smallest absolute Gasteiger partial charge is 0.245 e. The SMILES string of the molecule is CSC1(CN2CCC(=O)N3CCCCC3C2=O)CCC1. The van der Waals surface area contributed by atoms with E-state index < -0.39 is 0 Å². The molecule has 1 unspecified atom stereocenters. The van der Waals surface area contributed by atoms with Crippen LogP contribution in [0.15, 0.2) is 0 Å². The van der Waals surface area contributed by atoms with Crippen molar-refractivity contribution in [1.29, 1.82) is 0 Å². The Morgan fingerprint density at radius 2 is 2.00 bits per heavy atom. The van der Waals surface area contributed by atoms with Gasteiger partial charge in [0.25, 0.3) is 0 Å². The fraction of sp³-hybridized carbons (Fsp3) is 0.867. The van der Waals surface area contributed by atoms with E-state index in [-0.39, 0.29) is 22.6 Å². The molecule has 2 saturated heterocycles. The molecular formula is C15H24N2O2S. The molecule has 1 atom stereocenters. The van der Waals surface area contributed by atoms with Gasteiger partial charge in [0.2, 0.25) is 11.8 Å². The van der Waals surface area contributed by atoms with Gasteiger partial charge in [-0.05, 0) is 38.4 Å². The summed E-state index contributed by atoms with van der Waals surface area (Å²) in [7, 11) is 0. The van der Waals surface area contributed by atoms with Crippen LogP contribution in [0.4, 0.5) is 0 Å². The van der Waals surface area contributed by atoms with Crippen LogP contribution in [-0.4, -0.2) is 58.3 Å². The van der Waals surface area contributed by atoms with Crippen LogP contribution in [0.3, 0.4) is 0 Å². The van der Waals surface area contributed by atoms with E-state index >= 15 is 0 Å². The summed E-state index contributed by atoms with van der Waals surface area (Å²) in [6, 6.07) is -0.169. The first-order valence-electron chi connectivity index (χ1n) is 7.79. The molecule has 5 heteroatoms. The van der Waals surface area contributed by atoms with Gasteiger partial charge in [-0.3, -0.25) is 9.59 Å². The Morgan fingerprint density at radius 1 is 1.20 bits per heavy atom. The molecule has 1 saturated carbocycles. The van der Waals surface area contributed by atoms with Gasteiger partial charge in [0, 0.05) is 30.8 Å². The lowest BCUT2D eigenvalue weighted by Gasteiger charge is -2.44. The van der Waals surface area contributed by atoms with E-state index in [1.54, 1.807) is 0 Å². The van der Waals surface area contributed by atoms with Crippen LogP contribution in [-0.2, 0) is 9.59 Å². The van der Waals surface area contributed by atoms with Gasteiger partial charge in [-0.2, -0.15) is 11.8 Å². The topological polar surface area (TPSA) is 40.6 Å². The summed E-state index contributed by atoms with van der Waals surface area (Å²) in [5.41, 5.74) is 0. The predicted molar refractivity (Wildman–Crippen MR) is 80.6 cm³/mol. The highest BCUT2D eigenvalue weighted by Gasteiger charge is 2.43. The maximum Gasteiger partial charge on any atom is 0.245 e. The molecule has 3 aliphatic rings. The summed E-state index contributed by atoms with van der Waals surface area (Å²) < 4.78 is 0.266. The molecule has 2 aliphatic heterocycles. The molecule has 4 nitrogen and oxygen atoms in total. The zero-order valence-electron chi connectivity index (χ0n) is 12.3. The fourth-order valence-corrected chi connectivity index (χ4v) is 4.67. The summed E-state index contributed by atoms with van der Waals surface area (Å²) in [6.45, 7) is 2.23. The van der Waals surface area contributed by atoms with Gasteiger partial charge in [-0.15, -0.1) is 0 Å². The summed E-state index contributed by atoms with van der Waals surface area (Å²) in [5, 5.41) is 0. The van der Waals surface area contributed by atoms with Crippen molar-refractivity contribution in [2.24, 2.45) is 0 Å². The lowest BCUT2D eigenvalue weighted by Crippen LogP contribution is -2.53. The molecule has 1 aliphatic carbocycles. The lowest BCUT2D eigenvalue weighted by atomic mass is 9.83. The number of carbonyl (C=O) groups excluding carboxylic acids is 2. The van der Waals surface area contributed by atoms with E-state index in [4.69, 9.17) is 0 Å². The number of hydrogen-bond acceptors (Lipinski definition) is 3. The van der Waals surface area contributed by atoms with Crippen molar-refractivity contribution in [3.8, 4) is 0 Å². The molecular weight excluding hydrogens is 272 g/mol.